The highest BCUT2D eigenvalue weighted by Gasteiger charge is 2.27. The highest BCUT2D eigenvalue weighted by Crippen LogP contribution is 2.25. The lowest BCUT2D eigenvalue weighted by atomic mass is 10.2. The average molecular weight is 418 g/mol. The van der Waals surface area contributed by atoms with Crippen molar-refractivity contribution in [2.45, 2.75) is 12.5 Å². The zero-order valence-corrected chi connectivity index (χ0v) is 15.7. The summed E-state index contributed by atoms with van der Waals surface area (Å²) in [4.78, 5) is 38.5. The van der Waals surface area contributed by atoms with Gasteiger partial charge in [0, 0.05) is 24.3 Å². The molecule has 10 heteroatoms. The van der Waals surface area contributed by atoms with Crippen molar-refractivity contribution in [3.63, 3.8) is 0 Å². The summed E-state index contributed by atoms with van der Waals surface area (Å²) in [6, 6.07) is 1.76. The fraction of sp³-hybridized carbons (Fsp3) is 0.467. The van der Waals surface area contributed by atoms with Crippen LogP contribution in [0.15, 0.2) is 16.7 Å². The smallest absolute Gasteiger partial charge is 0.414 e. The fourth-order valence-corrected chi connectivity index (χ4v) is 2.35. The number of carboxylic acids is 2. The van der Waals surface area contributed by atoms with Crippen molar-refractivity contribution >= 4 is 33.8 Å². The maximum Gasteiger partial charge on any atom is 0.414 e. The van der Waals surface area contributed by atoms with Gasteiger partial charge in [0.1, 0.15) is 11.7 Å². The Hall–Kier alpha value is -2.20. The summed E-state index contributed by atoms with van der Waals surface area (Å²) in [5, 5.41) is 14.8. The molecule has 1 aliphatic heterocycles. The number of fused-ring (bicyclic) bond motifs is 1. The number of nitrogens with zero attached hydrogens (tertiary/aromatic N) is 3. The number of ether oxygens (including phenoxy) is 1. The van der Waals surface area contributed by atoms with Gasteiger partial charge in [-0.25, -0.2) is 14.6 Å². The van der Waals surface area contributed by atoms with Gasteiger partial charge < -0.3 is 24.7 Å². The lowest BCUT2D eigenvalue weighted by Gasteiger charge is -2.21. The minimum absolute atomic E-state index is 0.0220. The molecule has 2 rings (SSSR count). The largest absolute Gasteiger partial charge is 0.473 e. The van der Waals surface area contributed by atoms with Crippen LogP contribution in [0.25, 0.3) is 0 Å². The molecule has 0 radical (unpaired) electrons. The van der Waals surface area contributed by atoms with E-state index in [-0.39, 0.29) is 12.0 Å². The van der Waals surface area contributed by atoms with E-state index in [2.05, 4.69) is 25.8 Å². The van der Waals surface area contributed by atoms with Crippen molar-refractivity contribution in [2.75, 3.05) is 34.2 Å². The van der Waals surface area contributed by atoms with E-state index in [1.807, 2.05) is 14.1 Å². The Morgan fingerprint density at radius 3 is 2.52 bits per heavy atom. The van der Waals surface area contributed by atoms with Crippen molar-refractivity contribution in [1.82, 2.24) is 14.8 Å². The number of carbonyl (C=O) groups excluding carboxylic acids is 1. The first-order valence-electron chi connectivity index (χ1n) is 7.30. The van der Waals surface area contributed by atoms with Crippen molar-refractivity contribution < 1.29 is 29.3 Å². The minimum Gasteiger partial charge on any atom is -0.473 e. The van der Waals surface area contributed by atoms with Gasteiger partial charge in [-0.05, 0) is 42.5 Å². The molecule has 0 aliphatic carbocycles. The van der Waals surface area contributed by atoms with Gasteiger partial charge in [-0.2, -0.15) is 0 Å². The van der Waals surface area contributed by atoms with Crippen molar-refractivity contribution in [2.24, 2.45) is 0 Å². The SMILES string of the molecule is CN(C)CCC1CN(C)C(=O)c2cc(Br)cnc2O1.O=C(O)C(=O)O. The number of hydrogen-bond donors (Lipinski definition) is 2. The van der Waals surface area contributed by atoms with Crippen LogP contribution in [0.3, 0.4) is 0 Å². The van der Waals surface area contributed by atoms with Crippen LogP contribution in [0.5, 0.6) is 5.88 Å². The van der Waals surface area contributed by atoms with Crippen LogP contribution in [0.1, 0.15) is 16.8 Å². The van der Waals surface area contributed by atoms with Gasteiger partial charge in [-0.15, -0.1) is 0 Å². The second kappa shape index (κ2) is 9.33. The molecule has 0 saturated carbocycles. The number of amides is 1. The normalized spacial score (nSPS) is 16.3. The second-order valence-corrected chi connectivity index (χ2v) is 6.55. The third-order valence-electron chi connectivity index (χ3n) is 3.23. The van der Waals surface area contributed by atoms with Gasteiger partial charge >= 0.3 is 11.9 Å². The summed E-state index contributed by atoms with van der Waals surface area (Å²) in [6.07, 6.45) is 2.49. The monoisotopic (exact) mass is 417 g/mol. The van der Waals surface area contributed by atoms with Crippen LogP contribution < -0.4 is 4.74 Å². The standard InChI is InChI=1S/C13H18BrN3O2.C2H2O4/c1-16(2)5-4-10-8-17(3)13(18)11-6-9(14)7-15-12(11)19-10;3-1(4)2(5)6/h6-7,10H,4-5,8H2,1-3H3;(H,3,4)(H,5,6). The van der Waals surface area contributed by atoms with Gasteiger partial charge in [-0.1, -0.05) is 0 Å². The van der Waals surface area contributed by atoms with E-state index in [9.17, 15) is 4.79 Å². The van der Waals surface area contributed by atoms with Gasteiger partial charge in [0.05, 0.1) is 6.54 Å². The number of likely N-dealkylation sites (N-methyl/N-ethyl adjacent to an activating group) is 1. The second-order valence-electron chi connectivity index (χ2n) is 5.63. The maximum atomic E-state index is 12.2. The van der Waals surface area contributed by atoms with E-state index < -0.39 is 11.9 Å². The van der Waals surface area contributed by atoms with Gasteiger partial charge in [0.15, 0.2) is 0 Å². The average Bonchev–Trinajstić information content (AvgIpc) is 2.64. The zero-order chi connectivity index (χ0) is 19.1. The summed E-state index contributed by atoms with van der Waals surface area (Å²) < 4.78 is 6.66. The number of carbonyl (C=O) groups is 3. The molecule has 0 bridgehead atoms. The van der Waals surface area contributed by atoms with E-state index >= 15 is 0 Å². The van der Waals surface area contributed by atoms with Gasteiger partial charge in [0.2, 0.25) is 5.88 Å². The highest BCUT2D eigenvalue weighted by molar-refractivity contribution is 9.10. The van der Waals surface area contributed by atoms with Crippen LogP contribution in [-0.4, -0.2) is 83.2 Å². The Balaban J connectivity index is 0.000000450. The number of rotatable bonds is 3. The van der Waals surface area contributed by atoms with E-state index in [4.69, 9.17) is 24.5 Å². The molecule has 2 heterocycles. The van der Waals surface area contributed by atoms with E-state index in [0.29, 0.717) is 18.0 Å². The molecule has 2 N–H and O–H groups in total. The molecule has 25 heavy (non-hydrogen) atoms. The molecule has 1 amide bonds. The Labute approximate surface area is 153 Å². The van der Waals surface area contributed by atoms with Crippen molar-refractivity contribution in [3.8, 4) is 5.88 Å². The zero-order valence-electron chi connectivity index (χ0n) is 14.1. The molecule has 1 atom stereocenters. The van der Waals surface area contributed by atoms with Crippen LogP contribution >= 0.6 is 15.9 Å². The molecule has 0 saturated heterocycles. The minimum atomic E-state index is -1.82. The summed E-state index contributed by atoms with van der Waals surface area (Å²) in [7, 11) is 5.84. The van der Waals surface area contributed by atoms with E-state index in [0.717, 1.165) is 17.4 Å². The van der Waals surface area contributed by atoms with Gasteiger partial charge in [0.25, 0.3) is 5.91 Å². The van der Waals surface area contributed by atoms with Crippen LogP contribution in [0, 0.1) is 0 Å². The molecular formula is C15H20BrN3O6. The molecule has 1 aromatic rings. The molecule has 0 fully saturated rings. The van der Waals surface area contributed by atoms with Crippen molar-refractivity contribution in [1.29, 1.82) is 0 Å². The lowest BCUT2D eigenvalue weighted by molar-refractivity contribution is -0.159. The number of aliphatic carboxylic acids is 2. The summed E-state index contributed by atoms with van der Waals surface area (Å²) >= 11 is 3.33. The molecule has 1 aromatic heterocycles. The number of pyridine rings is 1. The maximum absolute atomic E-state index is 12.2. The van der Waals surface area contributed by atoms with Gasteiger partial charge in [-0.3, -0.25) is 4.79 Å². The molecule has 1 aliphatic rings. The molecule has 138 valence electrons. The van der Waals surface area contributed by atoms with Crippen molar-refractivity contribution in [3.05, 3.63) is 22.3 Å². The lowest BCUT2D eigenvalue weighted by Crippen LogP contribution is -2.35. The molecule has 1 unspecified atom stereocenters. The molecular weight excluding hydrogens is 398 g/mol. The Kier molecular flexibility index (Phi) is 7.78. The molecule has 0 spiro atoms. The third kappa shape index (κ3) is 6.67. The van der Waals surface area contributed by atoms with E-state index in [1.165, 1.54) is 0 Å². The highest BCUT2D eigenvalue weighted by atomic mass is 79.9. The number of carboxylic acid groups (broad SMARTS) is 2. The predicted molar refractivity (Wildman–Crippen MR) is 91.8 cm³/mol. The van der Waals surface area contributed by atoms with Crippen LogP contribution in [0.4, 0.5) is 0 Å². The first-order chi connectivity index (χ1) is 11.6. The Morgan fingerprint density at radius 2 is 2.00 bits per heavy atom. The topological polar surface area (TPSA) is 120 Å². The summed E-state index contributed by atoms with van der Waals surface area (Å²) in [5.74, 6) is -3.26. The van der Waals surface area contributed by atoms with Crippen LogP contribution in [-0.2, 0) is 9.59 Å². The molecule has 9 nitrogen and oxygen atoms in total. The van der Waals surface area contributed by atoms with E-state index in [1.54, 1.807) is 24.2 Å². The summed E-state index contributed by atoms with van der Waals surface area (Å²) in [5.41, 5.74) is 0.518. The van der Waals surface area contributed by atoms with Crippen LogP contribution in [0.2, 0.25) is 0 Å². The summed E-state index contributed by atoms with van der Waals surface area (Å²) in [6.45, 7) is 1.50. The first-order valence-corrected chi connectivity index (χ1v) is 8.09. The third-order valence-corrected chi connectivity index (χ3v) is 3.67. The number of halogens is 1. The Bertz CT molecular complexity index is 640. The quantitative estimate of drug-likeness (QED) is 0.692. The fourth-order valence-electron chi connectivity index (χ4n) is 2.02. The Morgan fingerprint density at radius 1 is 1.40 bits per heavy atom. The number of aromatic nitrogens is 1. The molecule has 0 aromatic carbocycles. The first kappa shape index (κ1) is 20.8. The number of hydrogen-bond acceptors (Lipinski definition) is 6. The predicted octanol–water partition coefficient (Wildman–Crippen LogP) is 0.784.